The number of rotatable bonds is 13. The first-order chi connectivity index (χ1) is 15.3. The lowest BCUT2D eigenvalue weighted by Crippen LogP contribution is -2.25. The Morgan fingerprint density at radius 2 is 1.94 bits per heavy atom. The van der Waals surface area contributed by atoms with E-state index in [1.807, 2.05) is 57.2 Å². The number of aryl methyl sites for hydroxylation is 1. The minimum Gasteiger partial charge on any atom is -0.491 e. The van der Waals surface area contributed by atoms with Crippen LogP contribution in [0.4, 0.5) is 0 Å². The molecule has 0 radical (unpaired) electrons. The van der Waals surface area contributed by atoms with E-state index in [1.54, 1.807) is 0 Å². The number of aliphatic hydroxyl groups is 3. The average molecular weight is 449 g/mol. The highest BCUT2D eigenvalue weighted by Crippen LogP contribution is 2.38. The Hall–Kier alpha value is -1.89. The fraction of sp³-hybridized carbons (Fsp3) is 0.654. The predicted molar refractivity (Wildman–Crippen MR) is 124 cm³/mol. The Balaban J connectivity index is 1.72. The van der Waals surface area contributed by atoms with E-state index in [1.165, 1.54) is 0 Å². The lowest BCUT2D eigenvalue weighted by atomic mass is 9.86. The SMILES string of the molecule is Cc1cccc(OCC(O)CC[C@H]2C(O)CC(O)[C@@H]2C/C=C\CCCC(=O)OC(C)C)c1. The molecule has 6 heteroatoms. The molecule has 1 aromatic carbocycles. The van der Waals surface area contributed by atoms with Gasteiger partial charge in [-0.05, 0) is 88.8 Å². The van der Waals surface area contributed by atoms with Crippen molar-refractivity contribution in [2.24, 2.45) is 11.8 Å². The number of hydrogen-bond donors (Lipinski definition) is 3. The third-order valence-corrected chi connectivity index (χ3v) is 5.98. The van der Waals surface area contributed by atoms with E-state index in [0.29, 0.717) is 32.1 Å². The minimum atomic E-state index is -0.623. The maximum Gasteiger partial charge on any atom is 0.306 e. The Morgan fingerprint density at radius 3 is 2.66 bits per heavy atom. The molecule has 3 unspecified atom stereocenters. The van der Waals surface area contributed by atoms with E-state index >= 15 is 0 Å². The molecule has 6 nitrogen and oxygen atoms in total. The fourth-order valence-corrected chi connectivity index (χ4v) is 4.33. The topological polar surface area (TPSA) is 96.2 Å². The van der Waals surface area contributed by atoms with Crippen molar-refractivity contribution >= 4 is 5.97 Å². The second-order valence-corrected chi connectivity index (χ2v) is 9.19. The van der Waals surface area contributed by atoms with Crippen molar-refractivity contribution in [2.75, 3.05) is 6.61 Å². The quantitative estimate of drug-likeness (QED) is 0.240. The zero-order valence-corrected chi connectivity index (χ0v) is 19.7. The van der Waals surface area contributed by atoms with Crippen LogP contribution in [0.3, 0.4) is 0 Å². The number of carbonyl (C=O) groups excluding carboxylic acids is 1. The van der Waals surface area contributed by atoms with Gasteiger partial charge in [0.25, 0.3) is 0 Å². The lowest BCUT2D eigenvalue weighted by Gasteiger charge is -2.23. The monoisotopic (exact) mass is 448 g/mol. The first-order valence-corrected chi connectivity index (χ1v) is 11.8. The number of aliphatic hydroxyl groups excluding tert-OH is 3. The van der Waals surface area contributed by atoms with Crippen LogP contribution in [-0.4, -0.2) is 52.3 Å². The Kier molecular flexibility index (Phi) is 11.2. The average Bonchev–Trinajstić information content (AvgIpc) is 2.99. The molecule has 0 heterocycles. The summed E-state index contributed by atoms with van der Waals surface area (Å²) in [6.45, 7) is 5.88. The van der Waals surface area contributed by atoms with Crippen LogP contribution >= 0.6 is 0 Å². The molecule has 0 saturated heterocycles. The lowest BCUT2D eigenvalue weighted by molar-refractivity contribution is -0.147. The zero-order chi connectivity index (χ0) is 23.5. The molecule has 1 aromatic rings. The predicted octanol–water partition coefficient (Wildman–Crippen LogP) is 3.94. The van der Waals surface area contributed by atoms with Crippen LogP contribution in [0.25, 0.3) is 0 Å². The summed E-state index contributed by atoms with van der Waals surface area (Å²) in [4.78, 5) is 11.5. The molecule has 32 heavy (non-hydrogen) atoms. The van der Waals surface area contributed by atoms with E-state index in [0.717, 1.165) is 24.2 Å². The first-order valence-electron chi connectivity index (χ1n) is 11.8. The van der Waals surface area contributed by atoms with Gasteiger partial charge in [0.2, 0.25) is 0 Å². The van der Waals surface area contributed by atoms with Gasteiger partial charge in [-0.15, -0.1) is 0 Å². The van der Waals surface area contributed by atoms with Gasteiger partial charge in [-0.2, -0.15) is 0 Å². The van der Waals surface area contributed by atoms with Gasteiger partial charge in [0.1, 0.15) is 12.4 Å². The van der Waals surface area contributed by atoms with Crippen molar-refractivity contribution in [1.82, 2.24) is 0 Å². The van der Waals surface area contributed by atoms with Gasteiger partial charge in [0, 0.05) is 6.42 Å². The maximum absolute atomic E-state index is 11.5. The Morgan fingerprint density at radius 1 is 1.19 bits per heavy atom. The third-order valence-electron chi connectivity index (χ3n) is 5.98. The summed E-state index contributed by atoms with van der Waals surface area (Å²) in [5.41, 5.74) is 1.10. The molecule has 0 aromatic heterocycles. The van der Waals surface area contributed by atoms with Crippen LogP contribution in [0.15, 0.2) is 36.4 Å². The van der Waals surface area contributed by atoms with Crippen LogP contribution in [0, 0.1) is 18.8 Å². The van der Waals surface area contributed by atoms with Gasteiger partial charge in [0.15, 0.2) is 0 Å². The summed E-state index contributed by atoms with van der Waals surface area (Å²) >= 11 is 0. The summed E-state index contributed by atoms with van der Waals surface area (Å²) in [7, 11) is 0. The second-order valence-electron chi connectivity index (χ2n) is 9.19. The number of hydrogen-bond acceptors (Lipinski definition) is 6. The van der Waals surface area contributed by atoms with Crippen LogP contribution in [0.1, 0.15) is 64.4 Å². The minimum absolute atomic E-state index is 0.0305. The third kappa shape index (κ3) is 9.31. The molecule has 180 valence electrons. The van der Waals surface area contributed by atoms with Gasteiger partial charge < -0.3 is 24.8 Å². The molecule has 1 aliphatic carbocycles. The molecule has 0 bridgehead atoms. The first kappa shape index (κ1) is 26.4. The number of esters is 1. The molecule has 1 saturated carbocycles. The summed E-state index contributed by atoms with van der Waals surface area (Å²) in [6.07, 6.45) is 6.36. The number of allylic oxidation sites excluding steroid dienone is 2. The number of carbonyl (C=O) groups is 1. The van der Waals surface area contributed by atoms with Gasteiger partial charge in [0.05, 0.1) is 24.4 Å². The molecule has 2 rings (SSSR count). The van der Waals surface area contributed by atoms with Crippen LogP contribution in [0.2, 0.25) is 0 Å². The van der Waals surface area contributed by atoms with Crippen LogP contribution in [-0.2, 0) is 9.53 Å². The summed E-state index contributed by atoms with van der Waals surface area (Å²) in [6, 6.07) is 7.71. The van der Waals surface area contributed by atoms with Gasteiger partial charge in [-0.1, -0.05) is 24.3 Å². The van der Waals surface area contributed by atoms with Crippen molar-refractivity contribution in [3.05, 3.63) is 42.0 Å². The summed E-state index contributed by atoms with van der Waals surface area (Å²) in [5, 5.41) is 31.1. The molecule has 0 spiro atoms. The van der Waals surface area contributed by atoms with E-state index < -0.39 is 18.3 Å². The molecule has 0 aliphatic heterocycles. The molecule has 1 fully saturated rings. The van der Waals surface area contributed by atoms with Crippen molar-refractivity contribution in [3.63, 3.8) is 0 Å². The molecule has 5 atom stereocenters. The Labute approximate surface area is 192 Å². The standard InChI is InChI=1S/C26H40O6/c1-18(2)32-26(30)12-7-5-4-6-11-22-23(25(29)16-24(22)28)14-13-20(27)17-31-21-10-8-9-19(3)15-21/h4,6,8-10,15,18,20,22-25,27-29H,5,7,11-14,16-17H2,1-3H3/b6-4-/t20?,22-,23-,24?,25?/m1/s1. The van der Waals surface area contributed by atoms with Crippen molar-refractivity contribution in [2.45, 2.75) is 90.1 Å². The number of unbranched alkanes of at least 4 members (excludes halogenated alkanes) is 1. The van der Waals surface area contributed by atoms with Gasteiger partial charge >= 0.3 is 5.97 Å². The highest BCUT2D eigenvalue weighted by Gasteiger charge is 2.40. The summed E-state index contributed by atoms with van der Waals surface area (Å²) in [5.74, 6) is 0.481. The molecule has 0 amide bonds. The zero-order valence-electron chi connectivity index (χ0n) is 19.7. The normalized spacial score (nSPS) is 24.2. The molecular weight excluding hydrogens is 408 g/mol. The van der Waals surface area contributed by atoms with Crippen LogP contribution in [0.5, 0.6) is 5.75 Å². The highest BCUT2D eigenvalue weighted by atomic mass is 16.5. The van der Waals surface area contributed by atoms with Crippen LogP contribution < -0.4 is 4.74 Å². The number of benzene rings is 1. The molecule has 3 N–H and O–H groups in total. The van der Waals surface area contributed by atoms with Gasteiger partial charge in [-0.3, -0.25) is 4.79 Å². The molecule has 1 aliphatic rings. The van der Waals surface area contributed by atoms with E-state index in [4.69, 9.17) is 9.47 Å². The maximum atomic E-state index is 11.5. The van der Waals surface area contributed by atoms with Crippen molar-refractivity contribution in [1.29, 1.82) is 0 Å². The number of ether oxygens (including phenoxy) is 2. The van der Waals surface area contributed by atoms with E-state index in [2.05, 4.69) is 0 Å². The second kappa shape index (κ2) is 13.6. The molecular formula is C26H40O6. The highest BCUT2D eigenvalue weighted by molar-refractivity contribution is 5.69. The van der Waals surface area contributed by atoms with Gasteiger partial charge in [-0.25, -0.2) is 0 Å². The van der Waals surface area contributed by atoms with Crippen molar-refractivity contribution < 1.29 is 29.6 Å². The Bertz CT molecular complexity index is 716. The fourth-order valence-electron chi connectivity index (χ4n) is 4.33. The van der Waals surface area contributed by atoms with E-state index in [-0.39, 0.29) is 30.5 Å². The van der Waals surface area contributed by atoms with Crippen molar-refractivity contribution in [3.8, 4) is 5.75 Å². The van der Waals surface area contributed by atoms with E-state index in [9.17, 15) is 20.1 Å². The smallest absolute Gasteiger partial charge is 0.306 e. The largest absolute Gasteiger partial charge is 0.491 e. The summed E-state index contributed by atoms with van der Waals surface area (Å²) < 4.78 is 10.8.